The van der Waals surface area contributed by atoms with Gasteiger partial charge in [-0.3, -0.25) is 0 Å². The maximum absolute atomic E-state index is 11.2. The van der Waals surface area contributed by atoms with E-state index in [2.05, 4.69) is 4.74 Å². The van der Waals surface area contributed by atoms with E-state index in [0.29, 0.717) is 33.5 Å². The van der Waals surface area contributed by atoms with Crippen molar-refractivity contribution in [1.29, 1.82) is 0 Å². The smallest absolute Gasteiger partial charge is 0.338 e. The Hall–Kier alpha value is -3.94. The molecule has 0 unspecified atom stereocenters. The minimum absolute atomic E-state index is 0.0179. The van der Waals surface area contributed by atoms with Gasteiger partial charge in [-0.05, 0) is 50.2 Å². The van der Waals surface area contributed by atoms with Crippen LogP contribution in [0.1, 0.15) is 32.2 Å². The van der Waals surface area contributed by atoms with Gasteiger partial charge >= 0.3 is 11.9 Å². The van der Waals surface area contributed by atoms with Crippen molar-refractivity contribution in [2.45, 2.75) is 13.8 Å². The molecule has 4 aromatic rings. The molecule has 0 spiro atoms. The number of aryl methyl sites for hydroxylation is 2. The molecule has 0 bridgehead atoms. The van der Waals surface area contributed by atoms with Crippen molar-refractivity contribution in [3.63, 3.8) is 0 Å². The van der Waals surface area contributed by atoms with Crippen LogP contribution >= 0.6 is 0 Å². The van der Waals surface area contributed by atoms with Gasteiger partial charge in [0.25, 0.3) is 0 Å². The number of hydrogen-bond donors (Lipinski definition) is 3. The minimum Gasteiger partial charge on any atom is -0.507 e. The second kappa shape index (κ2) is 7.59. The average Bonchev–Trinajstić information content (AvgIpc) is 3.23. The second-order valence-electron chi connectivity index (χ2n) is 6.33. The number of hydrogen-bond acceptors (Lipinski definition) is 7. The highest BCUT2D eigenvalue weighted by Gasteiger charge is 2.13. The molecule has 29 heavy (non-hydrogen) atoms. The molecule has 0 aliphatic carbocycles. The van der Waals surface area contributed by atoms with Crippen molar-refractivity contribution in [3.05, 3.63) is 59.0 Å². The highest BCUT2D eigenvalue weighted by molar-refractivity contribution is 5.97. The van der Waals surface area contributed by atoms with Crippen molar-refractivity contribution in [2.24, 2.45) is 0 Å². The molecule has 0 atom stereocenters. The fourth-order valence-electron chi connectivity index (χ4n) is 2.85. The summed E-state index contributed by atoms with van der Waals surface area (Å²) in [7, 11) is 1.29. The van der Waals surface area contributed by atoms with Crippen molar-refractivity contribution in [3.8, 4) is 11.5 Å². The van der Waals surface area contributed by atoms with Gasteiger partial charge < -0.3 is 28.9 Å². The number of phenols is 2. The van der Waals surface area contributed by atoms with E-state index < -0.39 is 11.9 Å². The highest BCUT2D eigenvalue weighted by atomic mass is 16.5. The van der Waals surface area contributed by atoms with Crippen LogP contribution < -0.4 is 0 Å². The Morgan fingerprint density at radius 1 is 0.793 bits per heavy atom. The topological polar surface area (TPSA) is 130 Å². The molecule has 8 nitrogen and oxygen atoms in total. The fraction of sp³-hybridized carbons (Fsp3) is 0.143. The summed E-state index contributed by atoms with van der Waals surface area (Å²) in [6.07, 6.45) is 0. The predicted molar refractivity (Wildman–Crippen MR) is 104 cm³/mol. The van der Waals surface area contributed by atoms with Gasteiger partial charge in [0, 0.05) is 0 Å². The number of benzene rings is 2. The van der Waals surface area contributed by atoms with Crippen LogP contribution in [-0.4, -0.2) is 34.4 Å². The molecule has 0 saturated heterocycles. The third-order valence-corrected chi connectivity index (χ3v) is 4.15. The highest BCUT2D eigenvalue weighted by Crippen LogP contribution is 2.30. The van der Waals surface area contributed by atoms with E-state index in [1.165, 1.54) is 25.3 Å². The Morgan fingerprint density at radius 2 is 1.24 bits per heavy atom. The number of carboxylic acids is 1. The molecule has 2 aromatic carbocycles. The van der Waals surface area contributed by atoms with Gasteiger partial charge in [-0.25, -0.2) is 9.59 Å². The van der Waals surface area contributed by atoms with Crippen LogP contribution in [0.2, 0.25) is 0 Å². The van der Waals surface area contributed by atoms with E-state index >= 15 is 0 Å². The Bertz CT molecular complexity index is 1230. The number of phenolic OH excluding ortho intramolecular Hbond substituents is 2. The molecule has 2 heterocycles. The van der Waals surface area contributed by atoms with Crippen molar-refractivity contribution >= 4 is 33.9 Å². The first-order valence-corrected chi connectivity index (χ1v) is 8.47. The minimum atomic E-state index is -1.09. The Kier molecular flexibility index (Phi) is 5.18. The third-order valence-electron chi connectivity index (χ3n) is 4.15. The molecule has 0 aliphatic rings. The molecule has 8 heteroatoms. The lowest BCUT2D eigenvalue weighted by Crippen LogP contribution is -2.00. The summed E-state index contributed by atoms with van der Waals surface area (Å²) in [4.78, 5) is 21.9. The number of carboxylic acid groups (broad SMARTS) is 1. The summed E-state index contributed by atoms with van der Waals surface area (Å²) < 4.78 is 15.1. The van der Waals surface area contributed by atoms with Gasteiger partial charge in [-0.2, -0.15) is 0 Å². The van der Waals surface area contributed by atoms with Gasteiger partial charge in [0.2, 0.25) is 0 Å². The molecule has 0 radical (unpaired) electrons. The number of carbonyl (C=O) groups is 2. The largest absolute Gasteiger partial charge is 0.507 e. The normalized spacial score (nSPS) is 10.6. The number of carbonyl (C=O) groups excluding carboxylic acids is 1. The van der Waals surface area contributed by atoms with Crippen LogP contribution in [0.3, 0.4) is 0 Å². The summed E-state index contributed by atoms with van der Waals surface area (Å²) >= 11 is 0. The standard InChI is InChI=1S/C11H10O4.C10H8O4/c1-6-3-8-9(12)4-7(11(13)14-2)5-10(8)15-6;1-5-2-7-8(11)3-6(10(12)13)4-9(7)14-5/h3-5,12H,1-2H3;2-4,11H,1H3,(H,12,13). The van der Waals surface area contributed by atoms with Gasteiger partial charge in [0.15, 0.2) is 0 Å². The van der Waals surface area contributed by atoms with E-state index in [4.69, 9.17) is 13.9 Å². The second-order valence-corrected chi connectivity index (χ2v) is 6.33. The fourth-order valence-corrected chi connectivity index (χ4v) is 2.85. The number of furan rings is 2. The lowest BCUT2D eigenvalue weighted by atomic mass is 10.1. The zero-order valence-corrected chi connectivity index (χ0v) is 15.8. The number of fused-ring (bicyclic) bond motifs is 2. The molecule has 2 aromatic heterocycles. The molecular weight excluding hydrogens is 380 g/mol. The first-order chi connectivity index (χ1) is 13.7. The first-order valence-electron chi connectivity index (χ1n) is 8.47. The van der Waals surface area contributed by atoms with E-state index in [1.54, 1.807) is 32.0 Å². The van der Waals surface area contributed by atoms with Crippen LogP contribution in [0.25, 0.3) is 21.9 Å². The molecule has 3 N–H and O–H groups in total. The quantitative estimate of drug-likeness (QED) is 0.424. The van der Waals surface area contributed by atoms with E-state index in [9.17, 15) is 19.8 Å². The van der Waals surface area contributed by atoms with E-state index in [1.807, 2.05) is 0 Å². The van der Waals surface area contributed by atoms with Crippen LogP contribution in [0.15, 0.2) is 45.2 Å². The van der Waals surface area contributed by atoms with Gasteiger partial charge in [-0.15, -0.1) is 0 Å². The SMILES string of the molecule is COC(=O)c1cc(O)c2cc(C)oc2c1.Cc1cc2c(O)cc(C(=O)O)cc2o1. The summed E-state index contributed by atoms with van der Waals surface area (Å²) in [5.74, 6) is -0.320. The van der Waals surface area contributed by atoms with Crippen LogP contribution in [0.4, 0.5) is 0 Å². The molecule has 0 fully saturated rings. The molecule has 0 aliphatic heterocycles. The zero-order valence-electron chi connectivity index (χ0n) is 15.8. The number of methoxy groups -OCH3 is 1. The van der Waals surface area contributed by atoms with Crippen molar-refractivity contribution in [2.75, 3.05) is 7.11 Å². The predicted octanol–water partition coefficient (Wildman–Crippen LogP) is 4.38. The monoisotopic (exact) mass is 398 g/mol. The zero-order chi connectivity index (χ0) is 21.3. The summed E-state index contributed by atoms with van der Waals surface area (Å²) in [5.41, 5.74) is 1.16. The summed E-state index contributed by atoms with van der Waals surface area (Å²) in [5, 5.41) is 29.0. The summed E-state index contributed by atoms with van der Waals surface area (Å²) in [6.45, 7) is 3.51. The number of aromatic carboxylic acids is 1. The van der Waals surface area contributed by atoms with Gasteiger partial charge in [0.05, 0.1) is 29.0 Å². The maximum Gasteiger partial charge on any atom is 0.338 e. The third kappa shape index (κ3) is 4.01. The molecular formula is C21H18O8. The first kappa shape index (κ1) is 19.8. The van der Waals surface area contributed by atoms with E-state index in [0.717, 1.165) is 0 Å². The number of rotatable bonds is 2. The Balaban J connectivity index is 0.000000166. The van der Waals surface area contributed by atoms with Crippen LogP contribution in [0.5, 0.6) is 11.5 Å². The maximum atomic E-state index is 11.2. The van der Waals surface area contributed by atoms with Crippen molar-refractivity contribution in [1.82, 2.24) is 0 Å². The number of ether oxygens (including phenoxy) is 1. The van der Waals surface area contributed by atoms with Crippen LogP contribution in [-0.2, 0) is 4.74 Å². The number of esters is 1. The lowest BCUT2D eigenvalue weighted by Gasteiger charge is -2.00. The average molecular weight is 398 g/mol. The van der Waals surface area contributed by atoms with Gasteiger partial charge in [-0.1, -0.05) is 0 Å². The molecule has 0 amide bonds. The lowest BCUT2D eigenvalue weighted by molar-refractivity contribution is 0.0599. The van der Waals surface area contributed by atoms with Crippen molar-refractivity contribution < 1.29 is 38.5 Å². The Labute approximate surface area is 164 Å². The van der Waals surface area contributed by atoms with Crippen LogP contribution in [0, 0.1) is 13.8 Å². The number of aromatic hydroxyl groups is 2. The van der Waals surface area contributed by atoms with Gasteiger partial charge in [0.1, 0.15) is 34.2 Å². The Morgan fingerprint density at radius 3 is 1.69 bits per heavy atom. The molecule has 150 valence electrons. The molecule has 4 rings (SSSR count). The summed E-state index contributed by atoms with van der Waals surface area (Å²) in [6, 6.07) is 8.89. The molecule has 0 saturated carbocycles. The van der Waals surface area contributed by atoms with E-state index in [-0.39, 0.29) is 22.6 Å².